The van der Waals surface area contributed by atoms with Crippen molar-refractivity contribution in [2.45, 2.75) is 64.1 Å². The van der Waals surface area contributed by atoms with Gasteiger partial charge in [0, 0.05) is 32.0 Å². The Morgan fingerprint density at radius 2 is 2.11 bits per heavy atom. The number of nitriles is 1. The molecule has 2 aromatic rings. The molecule has 0 atom stereocenters. The maximum atomic E-state index is 12.2. The van der Waals surface area contributed by atoms with Gasteiger partial charge in [0.25, 0.3) is 0 Å². The first-order chi connectivity index (χ1) is 13.7. The molecule has 0 saturated heterocycles. The number of aryl methyl sites for hydroxylation is 2. The fourth-order valence-electron chi connectivity index (χ4n) is 4.11. The number of fused-ring (bicyclic) bond motifs is 1. The lowest BCUT2D eigenvalue weighted by Crippen LogP contribution is -2.32. The third-order valence-electron chi connectivity index (χ3n) is 5.57. The van der Waals surface area contributed by atoms with E-state index in [2.05, 4.69) is 32.0 Å². The molecule has 1 aliphatic heterocycles. The quantitative estimate of drug-likeness (QED) is 0.864. The zero-order chi connectivity index (χ0) is 19.3. The third-order valence-corrected chi connectivity index (χ3v) is 5.57. The summed E-state index contributed by atoms with van der Waals surface area (Å²) in [6.07, 6.45) is 6.80. The van der Waals surface area contributed by atoms with E-state index in [9.17, 15) is 4.79 Å². The minimum Gasteiger partial charge on any atom is -0.353 e. The number of pyridine rings is 1. The van der Waals surface area contributed by atoms with Gasteiger partial charge in [0.1, 0.15) is 17.6 Å². The number of nitrogens with zero attached hydrogens (tertiary/aromatic N) is 5. The molecule has 0 radical (unpaired) electrons. The maximum absolute atomic E-state index is 12.2. The van der Waals surface area contributed by atoms with Crippen molar-refractivity contribution >= 4 is 11.7 Å². The first-order valence-corrected chi connectivity index (χ1v) is 10.2. The molecule has 2 aromatic heterocycles. The van der Waals surface area contributed by atoms with E-state index in [0.29, 0.717) is 31.1 Å². The lowest BCUT2D eigenvalue weighted by atomic mass is 10.2. The van der Waals surface area contributed by atoms with Gasteiger partial charge in [0.05, 0.1) is 17.9 Å². The van der Waals surface area contributed by atoms with Crippen LogP contribution in [0, 0.1) is 11.3 Å². The number of aromatic nitrogens is 3. The van der Waals surface area contributed by atoms with Gasteiger partial charge in [-0.05, 0) is 37.5 Å². The molecule has 28 heavy (non-hydrogen) atoms. The highest BCUT2D eigenvalue weighted by Gasteiger charge is 2.20. The summed E-state index contributed by atoms with van der Waals surface area (Å²) in [4.78, 5) is 18.8. The molecule has 146 valence electrons. The summed E-state index contributed by atoms with van der Waals surface area (Å²) in [5.74, 6) is 0.959. The minimum absolute atomic E-state index is 0.134. The Balaban J connectivity index is 1.38. The topological polar surface area (TPSA) is 86.8 Å². The Morgan fingerprint density at radius 1 is 1.25 bits per heavy atom. The molecule has 7 nitrogen and oxygen atoms in total. The predicted molar refractivity (Wildman–Crippen MR) is 106 cm³/mol. The Bertz CT molecular complexity index is 877. The van der Waals surface area contributed by atoms with Crippen LogP contribution in [0.2, 0.25) is 0 Å². The number of hydrogen-bond acceptors (Lipinski definition) is 5. The highest BCUT2D eigenvalue weighted by atomic mass is 16.1. The first-order valence-electron chi connectivity index (χ1n) is 10.2. The molecule has 1 amide bonds. The SMILES string of the molecule is N#Cc1cccc(N2CCCn3nc(CCC(=O)NC4CCCC4)cc3C2)n1. The molecule has 1 aliphatic carbocycles. The van der Waals surface area contributed by atoms with Crippen LogP contribution in [0.3, 0.4) is 0 Å². The number of carbonyl (C=O) groups excluding carboxylic acids is 1. The van der Waals surface area contributed by atoms with Gasteiger partial charge in [-0.1, -0.05) is 18.9 Å². The van der Waals surface area contributed by atoms with Crippen LogP contribution < -0.4 is 10.2 Å². The van der Waals surface area contributed by atoms with Crippen molar-refractivity contribution in [1.29, 1.82) is 5.26 Å². The summed E-state index contributed by atoms with van der Waals surface area (Å²) in [7, 11) is 0. The van der Waals surface area contributed by atoms with Gasteiger partial charge in [-0.2, -0.15) is 10.4 Å². The molecule has 0 bridgehead atoms. The maximum Gasteiger partial charge on any atom is 0.220 e. The second-order valence-electron chi connectivity index (χ2n) is 7.67. The van der Waals surface area contributed by atoms with Crippen molar-refractivity contribution in [2.75, 3.05) is 11.4 Å². The van der Waals surface area contributed by atoms with Crippen LogP contribution in [0.4, 0.5) is 5.82 Å². The average molecular weight is 378 g/mol. The van der Waals surface area contributed by atoms with Gasteiger partial charge in [-0.3, -0.25) is 9.48 Å². The van der Waals surface area contributed by atoms with Gasteiger partial charge in [-0.25, -0.2) is 4.98 Å². The number of anilines is 1. The van der Waals surface area contributed by atoms with E-state index in [1.165, 1.54) is 12.8 Å². The lowest BCUT2D eigenvalue weighted by Gasteiger charge is -2.21. The molecule has 4 rings (SSSR count). The molecule has 0 spiro atoms. The Hall–Kier alpha value is -2.88. The van der Waals surface area contributed by atoms with Crippen molar-refractivity contribution in [3.05, 3.63) is 41.3 Å². The molecule has 1 saturated carbocycles. The van der Waals surface area contributed by atoms with Gasteiger partial charge in [-0.15, -0.1) is 0 Å². The second-order valence-corrected chi connectivity index (χ2v) is 7.67. The number of carbonyl (C=O) groups is 1. The fourth-order valence-corrected chi connectivity index (χ4v) is 4.11. The zero-order valence-corrected chi connectivity index (χ0v) is 16.1. The van der Waals surface area contributed by atoms with Crippen molar-refractivity contribution in [2.24, 2.45) is 0 Å². The van der Waals surface area contributed by atoms with Crippen LogP contribution in [0.15, 0.2) is 24.3 Å². The minimum atomic E-state index is 0.134. The predicted octanol–water partition coefficient (Wildman–Crippen LogP) is 2.55. The van der Waals surface area contributed by atoms with Gasteiger partial charge >= 0.3 is 0 Å². The third kappa shape index (κ3) is 4.33. The largest absolute Gasteiger partial charge is 0.353 e. The zero-order valence-electron chi connectivity index (χ0n) is 16.1. The number of hydrogen-bond donors (Lipinski definition) is 1. The van der Waals surface area contributed by atoms with Crippen LogP contribution in [0.1, 0.15) is 55.6 Å². The Labute approximate surface area is 165 Å². The summed E-state index contributed by atoms with van der Waals surface area (Å²) in [5, 5.41) is 17.0. The smallest absolute Gasteiger partial charge is 0.220 e. The highest BCUT2D eigenvalue weighted by Crippen LogP contribution is 2.21. The number of amides is 1. The summed E-state index contributed by atoms with van der Waals surface area (Å²) < 4.78 is 2.05. The van der Waals surface area contributed by atoms with E-state index in [4.69, 9.17) is 10.4 Å². The molecule has 0 unspecified atom stereocenters. The molecule has 2 aliphatic rings. The molecule has 3 heterocycles. The van der Waals surface area contributed by atoms with Crippen LogP contribution in [0.25, 0.3) is 0 Å². The molecule has 7 heteroatoms. The van der Waals surface area contributed by atoms with Gasteiger partial charge < -0.3 is 10.2 Å². The van der Waals surface area contributed by atoms with Crippen LogP contribution >= 0.6 is 0 Å². The number of nitrogens with one attached hydrogen (secondary N) is 1. The van der Waals surface area contributed by atoms with E-state index in [-0.39, 0.29) is 5.91 Å². The van der Waals surface area contributed by atoms with Crippen LogP contribution in [-0.4, -0.2) is 33.3 Å². The monoisotopic (exact) mass is 378 g/mol. The summed E-state index contributed by atoms with van der Waals surface area (Å²) in [5.41, 5.74) is 2.54. The van der Waals surface area contributed by atoms with Crippen molar-refractivity contribution in [3.8, 4) is 6.07 Å². The fraction of sp³-hybridized carbons (Fsp3) is 0.524. The second kappa shape index (κ2) is 8.42. The summed E-state index contributed by atoms with van der Waals surface area (Å²) >= 11 is 0. The summed E-state index contributed by atoms with van der Waals surface area (Å²) in [6.45, 7) is 2.45. The Kier molecular flexibility index (Phi) is 5.56. The number of rotatable bonds is 5. The van der Waals surface area contributed by atoms with Crippen LogP contribution in [0.5, 0.6) is 0 Å². The molecule has 1 fully saturated rings. The molecular weight excluding hydrogens is 352 g/mol. The average Bonchev–Trinajstić information content (AvgIpc) is 3.31. The molecular formula is C21H26N6O. The van der Waals surface area contributed by atoms with Gasteiger partial charge in [0.2, 0.25) is 5.91 Å². The van der Waals surface area contributed by atoms with E-state index in [0.717, 1.165) is 49.6 Å². The first kappa shape index (κ1) is 18.5. The van der Waals surface area contributed by atoms with E-state index in [1.807, 2.05) is 12.1 Å². The lowest BCUT2D eigenvalue weighted by molar-refractivity contribution is -0.121. The highest BCUT2D eigenvalue weighted by molar-refractivity contribution is 5.76. The van der Waals surface area contributed by atoms with E-state index >= 15 is 0 Å². The van der Waals surface area contributed by atoms with E-state index in [1.54, 1.807) is 6.07 Å². The molecule has 1 N–H and O–H groups in total. The summed E-state index contributed by atoms with van der Waals surface area (Å²) in [6, 6.07) is 10.1. The van der Waals surface area contributed by atoms with E-state index < -0.39 is 0 Å². The van der Waals surface area contributed by atoms with Crippen molar-refractivity contribution in [1.82, 2.24) is 20.1 Å². The van der Waals surface area contributed by atoms with Crippen LogP contribution in [-0.2, 0) is 24.3 Å². The molecule has 0 aromatic carbocycles. The Morgan fingerprint density at radius 3 is 2.93 bits per heavy atom. The standard InChI is InChI=1S/C21H26N6O/c22-14-18-7-3-8-20(23-18)26-11-4-12-27-19(15-26)13-17(25-27)9-10-21(28)24-16-5-1-2-6-16/h3,7-8,13,16H,1-2,4-6,9-12,15H2,(H,24,28). The van der Waals surface area contributed by atoms with Crippen molar-refractivity contribution in [3.63, 3.8) is 0 Å². The van der Waals surface area contributed by atoms with Crippen molar-refractivity contribution < 1.29 is 4.79 Å². The van der Waals surface area contributed by atoms with Gasteiger partial charge in [0.15, 0.2) is 0 Å². The normalized spacial score (nSPS) is 17.0.